The maximum Gasteiger partial charge on any atom is 0.254 e. The number of piperazine rings is 1. The molecule has 1 saturated heterocycles. The molecule has 6 nitrogen and oxygen atoms in total. The summed E-state index contributed by atoms with van der Waals surface area (Å²) in [5.41, 5.74) is 4.53. The van der Waals surface area contributed by atoms with Crippen molar-refractivity contribution in [1.82, 2.24) is 14.2 Å². The zero-order valence-electron chi connectivity index (χ0n) is 17.8. The van der Waals surface area contributed by atoms with Gasteiger partial charge in [-0.3, -0.25) is 9.78 Å². The van der Waals surface area contributed by atoms with Gasteiger partial charge >= 0.3 is 0 Å². The van der Waals surface area contributed by atoms with E-state index in [1.54, 1.807) is 11.0 Å². The lowest BCUT2D eigenvalue weighted by Gasteiger charge is -2.34. The van der Waals surface area contributed by atoms with Crippen LogP contribution in [0.15, 0.2) is 60.0 Å². The molecular weight excluding hydrogens is 422 g/mol. The van der Waals surface area contributed by atoms with Gasteiger partial charge in [-0.1, -0.05) is 48.5 Å². The summed E-state index contributed by atoms with van der Waals surface area (Å²) in [5, 5.41) is 2.14. The number of carbonyl (C=O) groups excluding carboxylic acids is 1. The molecule has 7 heteroatoms. The number of aryl methyl sites for hydroxylation is 1. The predicted octanol–water partition coefficient (Wildman–Crippen LogP) is 3.48. The number of benzene rings is 2. The number of aromatic nitrogens is 1. The van der Waals surface area contributed by atoms with Gasteiger partial charge in [0.05, 0.1) is 11.1 Å². The molecule has 0 radical (unpaired) electrons. The monoisotopic (exact) mass is 447 g/mol. The molecule has 1 amide bonds. The lowest BCUT2D eigenvalue weighted by molar-refractivity contribution is 0.0699. The number of nitrogens with zero attached hydrogens (tertiary/aromatic N) is 3. The average Bonchev–Trinajstić information content (AvgIpc) is 3.30. The Morgan fingerprint density at radius 3 is 2.41 bits per heavy atom. The lowest BCUT2D eigenvalue weighted by atomic mass is 10.00. The second-order valence-electron chi connectivity index (χ2n) is 8.23. The first-order valence-corrected chi connectivity index (χ1v) is 12.5. The quantitative estimate of drug-likeness (QED) is 0.614. The van der Waals surface area contributed by atoms with Crippen molar-refractivity contribution < 1.29 is 13.2 Å². The van der Waals surface area contributed by atoms with Crippen LogP contribution in [0.4, 0.5) is 0 Å². The highest BCUT2D eigenvalue weighted by atomic mass is 32.2. The summed E-state index contributed by atoms with van der Waals surface area (Å²) >= 11 is 0. The van der Waals surface area contributed by atoms with Crippen LogP contribution in [-0.4, -0.2) is 54.7 Å². The van der Waals surface area contributed by atoms with E-state index < -0.39 is 10.0 Å². The molecule has 2 aromatic carbocycles. The molecule has 0 N–H and O–H groups in total. The van der Waals surface area contributed by atoms with Gasteiger partial charge in [0, 0.05) is 42.7 Å². The highest BCUT2D eigenvalue weighted by Crippen LogP contribution is 2.31. The lowest BCUT2D eigenvalue weighted by Crippen LogP contribution is -2.50. The third kappa shape index (κ3) is 3.94. The fraction of sp³-hybridized carbons (Fsp3) is 0.280. The Balaban J connectivity index is 1.34. The minimum atomic E-state index is -3.53. The first-order chi connectivity index (χ1) is 15.5. The first kappa shape index (κ1) is 20.8. The number of amides is 1. The second kappa shape index (κ2) is 8.48. The van der Waals surface area contributed by atoms with Gasteiger partial charge in [-0.25, -0.2) is 8.42 Å². The van der Waals surface area contributed by atoms with Gasteiger partial charge in [0.25, 0.3) is 5.91 Å². The molecule has 2 aliphatic rings. The van der Waals surface area contributed by atoms with Crippen molar-refractivity contribution in [3.8, 4) is 0 Å². The van der Waals surface area contributed by atoms with E-state index in [4.69, 9.17) is 4.98 Å². The Morgan fingerprint density at radius 1 is 0.906 bits per heavy atom. The van der Waals surface area contributed by atoms with Crippen molar-refractivity contribution in [3.63, 3.8) is 0 Å². The average molecular weight is 448 g/mol. The fourth-order valence-electron chi connectivity index (χ4n) is 4.57. The van der Waals surface area contributed by atoms with E-state index in [2.05, 4.69) is 0 Å². The molecule has 1 aromatic heterocycles. The van der Waals surface area contributed by atoms with Crippen LogP contribution in [0.1, 0.15) is 33.6 Å². The van der Waals surface area contributed by atoms with Gasteiger partial charge < -0.3 is 4.90 Å². The molecular formula is C25H25N3O3S. The van der Waals surface area contributed by atoms with Crippen LogP contribution in [0.5, 0.6) is 0 Å². The van der Waals surface area contributed by atoms with E-state index in [0.29, 0.717) is 26.2 Å². The molecule has 1 aliphatic carbocycles. The summed E-state index contributed by atoms with van der Waals surface area (Å²) in [6.45, 7) is 1.34. The SMILES string of the molecule is O=C(c1c2c(nc3ccccc13)CCC2)N1CCN(S(=O)(=O)/C=C/c2ccccc2)CC1. The summed E-state index contributed by atoms with van der Waals surface area (Å²) in [6.07, 6.45) is 4.39. The number of fused-ring (bicyclic) bond motifs is 2. The Bertz CT molecular complexity index is 1290. The van der Waals surface area contributed by atoms with E-state index >= 15 is 0 Å². The third-order valence-electron chi connectivity index (χ3n) is 6.25. The van der Waals surface area contributed by atoms with E-state index in [-0.39, 0.29) is 5.91 Å². The first-order valence-electron chi connectivity index (χ1n) is 11.0. The molecule has 1 aliphatic heterocycles. The molecule has 0 spiro atoms. The third-order valence-corrected chi connectivity index (χ3v) is 7.82. The molecule has 3 aromatic rings. The zero-order valence-corrected chi connectivity index (χ0v) is 18.6. The molecule has 0 bridgehead atoms. The summed E-state index contributed by atoms with van der Waals surface area (Å²) in [4.78, 5) is 20.1. The number of carbonyl (C=O) groups is 1. The van der Waals surface area contributed by atoms with Crippen LogP contribution in [-0.2, 0) is 22.9 Å². The molecule has 2 heterocycles. The van der Waals surface area contributed by atoms with Crippen LogP contribution in [0.2, 0.25) is 0 Å². The molecule has 1 fully saturated rings. The fourth-order valence-corrected chi connectivity index (χ4v) is 5.75. The number of sulfonamides is 1. The van der Waals surface area contributed by atoms with E-state index in [0.717, 1.165) is 52.5 Å². The second-order valence-corrected chi connectivity index (χ2v) is 10.1. The van der Waals surface area contributed by atoms with Crippen LogP contribution in [0.25, 0.3) is 17.0 Å². The highest BCUT2D eigenvalue weighted by Gasteiger charge is 2.31. The molecule has 0 unspecified atom stereocenters. The molecule has 5 rings (SSSR count). The minimum absolute atomic E-state index is 0.0152. The highest BCUT2D eigenvalue weighted by molar-refractivity contribution is 7.92. The predicted molar refractivity (Wildman–Crippen MR) is 126 cm³/mol. The Hall–Kier alpha value is -3.03. The zero-order chi connectivity index (χ0) is 22.1. The largest absolute Gasteiger partial charge is 0.336 e. The normalized spacial score (nSPS) is 17.2. The van der Waals surface area contributed by atoms with Crippen LogP contribution in [0, 0.1) is 0 Å². The maximum absolute atomic E-state index is 13.6. The number of hydrogen-bond donors (Lipinski definition) is 0. The number of hydrogen-bond acceptors (Lipinski definition) is 4. The molecule has 32 heavy (non-hydrogen) atoms. The summed E-state index contributed by atoms with van der Waals surface area (Å²) < 4.78 is 27.0. The number of pyridine rings is 1. The van der Waals surface area contributed by atoms with Crippen molar-refractivity contribution in [2.75, 3.05) is 26.2 Å². The van der Waals surface area contributed by atoms with Crippen molar-refractivity contribution in [3.05, 3.63) is 82.4 Å². The van der Waals surface area contributed by atoms with E-state index in [1.807, 2.05) is 54.6 Å². The smallest absolute Gasteiger partial charge is 0.254 e. The van der Waals surface area contributed by atoms with Gasteiger partial charge in [-0.15, -0.1) is 0 Å². The summed E-state index contributed by atoms with van der Waals surface area (Å²) in [5.74, 6) is -0.0152. The van der Waals surface area contributed by atoms with Gasteiger partial charge in [-0.2, -0.15) is 4.31 Å². The van der Waals surface area contributed by atoms with Gasteiger partial charge in [0.1, 0.15) is 0 Å². The van der Waals surface area contributed by atoms with Gasteiger partial charge in [-0.05, 0) is 42.5 Å². The summed E-state index contributed by atoms with van der Waals surface area (Å²) in [7, 11) is -3.53. The number of rotatable bonds is 4. The topological polar surface area (TPSA) is 70.6 Å². The van der Waals surface area contributed by atoms with Crippen molar-refractivity contribution in [2.24, 2.45) is 0 Å². The Labute approximate surface area is 188 Å². The van der Waals surface area contributed by atoms with Crippen LogP contribution < -0.4 is 0 Å². The standard InChI is InChI=1S/C25H25N3O3S/c29-25(24-20-9-4-5-11-22(20)26-23-12-6-10-21(23)24)27-14-16-28(17-15-27)32(30,31)18-13-19-7-2-1-3-8-19/h1-5,7-9,11,13,18H,6,10,12,14-17H2/b18-13+. The van der Waals surface area contributed by atoms with Crippen molar-refractivity contribution in [2.45, 2.75) is 19.3 Å². The minimum Gasteiger partial charge on any atom is -0.336 e. The van der Waals surface area contributed by atoms with Crippen molar-refractivity contribution in [1.29, 1.82) is 0 Å². The Morgan fingerprint density at radius 2 is 1.62 bits per heavy atom. The van der Waals surface area contributed by atoms with Crippen LogP contribution >= 0.6 is 0 Å². The maximum atomic E-state index is 13.6. The molecule has 0 atom stereocenters. The van der Waals surface area contributed by atoms with Crippen molar-refractivity contribution >= 4 is 32.9 Å². The Kier molecular flexibility index (Phi) is 5.53. The van der Waals surface area contributed by atoms with Gasteiger partial charge in [0.15, 0.2) is 0 Å². The van der Waals surface area contributed by atoms with E-state index in [9.17, 15) is 13.2 Å². The van der Waals surface area contributed by atoms with Crippen LogP contribution in [0.3, 0.4) is 0 Å². The van der Waals surface area contributed by atoms with E-state index in [1.165, 1.54) is 9.71 Å². The molecule has 0 saturated carbocycles. The number of para-hydroxylation sites is 1. The summed E-state index contributed by atoms with van der Waals surface area (Å²) in [6, 6.07) is 17.1. The molecule has 164 valence electrons. The van der Waals surface area contributed by atoms with Gasteiger partial charge in [0.2, 0.25) is 10.0 Å².